The number of aliphatic hydroxyl groups excluding tert-OH is 2. The van der Waals surface area contributed by atoms with Crippen molar-refractivity contribution in [2.24, 2.45) is 0 Å². The summed E-state index contributed by atoms with van der Waals surface area (Å²) in [6.07, 6.45) is -1.94. The molecule has 2 atom stereocenters. The first-order valence-electron chi connectivity index (χ1n) is 2.44. The van der Waals surface area contributed by atoms with E-state index in [1.165, 1.54) is 0 Å². The lowest BCUT2D eigenvalue weighted by atomic mass is 10.4. The summed E-state index contributed by atoms with van der Waals surface area (Å²) in [6, 6.07) is 0. The molecule has 0 bridgehead atoms. The van der Waals surface area contributed by atoms with Crippen LogP contribution in [0.1, 0.15) is 0 Å². The molecule has 0 saturated heterocycles. The van der Waals surface area contributed by atoms with Crippen molar-refractivity contribution in [3.8, 4) is 0 Å². The fraction of sp³-hybridized carbons (Fsp3) is 1.00. The fourth-order valence-corrected chi connectivity index (χ4v) is 0.403. The third-order valence-electron chi connectivity index (χ3n) is 0.787. The number of nitrogens with zero attached hydrogens (tertiary/aromatic N) is 1. The standard InChI is InChI=1S/C3H6ClNO6/c4-3(8,2(7)1-6)11-5(9)10/h2,6-8H,1H2. The molecule has 11 heavy (non-hydrogen) atoms. The number of halogens is 1. The monoisotopic (exact) mass is 187 g/mol. The molecule has 7 nitrogen and oxygen atoms in total. The summed E-state index contributed by atoms with van der Waals surface area (Å²) >= 11 is 4.86. The van der Waals surface area contributed by atoms with Gasteiger partial charge in [-0.2, -0.15) is 0 Å². The van der Waals surface area contributed by atoms with E-state index in [0.717, 1.165) is 0 Å². The molecular formula is C3H6ClNO6. The minimum Gasteiger partial charge on any atom is -0.393 e. The van der Waals surface area contributed by atoms with Crippen LogP contribution in [0.5, 0.6) is 0 Å². The predicted molar refractivity (Wildman–Crippen MR) is 32.0 cm³/mol. The molecule has 3 N–H and O–H groups in total. The van der Waals surface area contributed by atoms with Crippen molar-refractivity contribution in [2.45, 2.75) is 11.4 Å². The van der Waals surface area contributed by atoms with Gasteiger partial charge in [0.05, 0.1) is 6.61 Å². The number of rotatable bonds is 4. The molecule has 0 fully saturated rings. The minimum atomic E-state index is -2.89. The highest BCUT2D eigenvalue weighted by Gasteiger charge is 2.37. The summed E-state index contributed by atoms with van der Waals surface area (Å²) < 4.78 is 0. The first kappa shape index (κ1) is 10.4. The Bertz CT molecular complexity index is 149. The van der Waals surface area contributed by atoms with E-state index in [-0.39, 0.29) is 0 Å². The molecule has 66 valence electrons. The van der Waals surface area contributed by atoms with Crippen LogP contribution in [0.15, 0.2) is 0 Å². The average Bonchev–Trinajstić information content (AvgIpc) is 1.83. The Morgan fingerprint density at radius 3 is 2.55 bits per heavy atom. The number of alkyl halides is 1. The van der Waals surface area contributed by atoms with Gasteiger partial charge in [-0.25, -0.2) is 0 Å². The van der Waals surface area contributed by atoms with Crippen molar-refractivity contribution < 1.29 is 25.2 Å². The molecule has 0 aliphatic carbocycles. The Morgan fingerprint density at radius 2 is 2.27 bits per heavy atom. The summed E-state index contributed by atoms with van der Waals surface area (Å²) in [5, 5.41) is 30.7. The maximum absolute atomic E-state index is 9.58. The Morgan fingerprint density at radius 1 is 1.82 bits per heavy atom. The van der Waals surface area contributed by atoms with Gasteiger partial charge in [0.15, 0.2) is 0 Å². The molecule has 0 aliphatic rings. The molecule has 0 aromatic carbocycles. The second kappa shape index (κ2) is 3.67. The number of aliphatic hydroxyl groups is 3. The molecule has 0 rings (SSSR count). The third kappa shape index (κ3) is 3.33. The van der Waals surface area contributed by atoms with Crippen molar-refractivity contribution in [3.05, 3.63) is 10.1 Å². The third-order valence-corrected chi connectivity index (χ3v) is 1.11. The zero-order valence-electron chi connectivity index (χ0n) is 5.18. The van der Waals surface area contributed by atoms with Crippen LogP contribution in [-0.2, 0) is 4.84 Å². The van der Waals surface area contributed by atoms with Crippen LogP contribution in [0.2, 0.25) is 0 Å². The van der Waals surface area contributed by atoms with Gasteiger partial charge in [-0.3, -0.25) is 4.84 Å². The summed E-state index contributed by atoms with van der Waals surface area (Å²) in [5.74, 6) is 0. The first-order valence-corrected chi connectivity index (χ1v) is 2.81. The molecule has 2 unspecified atom stereocenters. The zero-order valence-corrected chi connectivity index (χ0v) is 5.93. The smallest absolute Gasteiger partial charge is 0.319 e. The lowest BCUT2D eigenvalue weighted by Gasteiger charge is -2.21. The van der Waals surface area contributed by atoms with E-state index < -0.39 is 23.0 Å². The molecule has 0 saturated carbocycles. The Hall–Kier alpha value is -0.630. The van der Waals surface area contributed by atoms with Crippen molar-refractivity contribution in [2.75, 3.05) is 6.61 Å². The maximum atomic E-state index is 9.58. The van der Waals surface area contributed by atoms with E-state index in [1.807, 2.05) is 0 Å². The van der Waals surface area contributed by atoms with Gasteiger partial charge in [0.1, 0.15) is 6.10 Å². The van der Waals surface area contributed by atoms with Crippen molar-refractivity contribution in [3.63, 3.8) is 0 Å². The van der Waals surface area contributed by atoms with Crippen LogP contribution in [0.25, 0.3) is 0 Å². The SMILES string of the molecule is O=[N+]([O-])OC(O)(Cl)C(O)CO. The Kier molecular flexibility index (Phi) is 3.46. The maximum Gasteiger partial charge on any atom is 0.319 e. The normalized spacial score (nSPS) is 18.5. The van der Waals surface area contributed by atoms with Crippen LogP contribution >= 0.6 is 11.6 Å². The lowest BCUT2D eigenvalue weighted by molar-refractivity contribution is -0.789. The van der Waals surface area contributed by atoms with Gasteiger partial charge in [-0.05, 0) is 0 Å². The molecular weight excluding hydrogens is 181 g/mol. The number of hydrogen-bond donors (Lipinski definition) is 3. The molecule has 0 radical (unpaired) electrons. The van der Waals surface area contributed by atoms with Gasteiger partial charge in [-0.1, -0.05) is 11.6 Å². The predicted octanol–water partition coefficient (Wildman–Crippen LogP) is -1.57. The van der Waals surface area contributed by atoms with E-state index in [4.69, 9.17) is 26.9 Å². The van der Waals surface area contributed by atoms with Gasteiger partial charge >= 0.3 is 5.25 Å². The lowest BCUT2D eigenvalue weighted by Crippen LogP contribution is -2.43. The first-order chi connectivity index (χ1) is 4.90. The van der Waals surface area contributed by atoms with E-state index in [2.05, 4.69) is 4.84 Å². The van der Waals surface area contributed by atoms with E-state index >= 15 is 0 Å². The Balaban J connectivity index is 4.08. The second-order valence-corrected chi connectivity index (χ2v) is 2.16. The van der Waals surface area contributed by atoms with Gasteiger partial charge in [-0.15, -0.1) is 10.1 Å². The van der Waals surface area contributed by atoms with E-state index in [0.29, 0.717) is 0 Å². The zero-order chi connectivity index (χ0) is 9.07. The molecule has 0 heterocycles. The fourth-order valence-electron chi connectivity index (χ4n) is 0.278. The molecule has 0 spiro atoms. The van der Waals surface area contributed by atoms with Gasteiger partial charge < -0.3 is 15.3 Å². The van der Waals surface area contributed by atoms with Gasteiger partial charge in [0.25, 0.3) is 5.09 Å². The Labute approximate surface area is 65.9 Å². The highest BCUT2D eigenvalue weighted by Crippen LogP contribution is 2.17. The molecule has 0 amide bonds. The molecule has 8 heteroatoms. The van der Waals surface area contributed by atoms with Crippen LogP contribution in [0, 0.1) is 10.1 Å². The van der Waals surface area contributed by atoms with Crippen molar-refractivity contribution in [1.29, 1.82) is 0 Å². The number of hydrogen-bond acceptors (Lipinski definition) is 6. The largest absolute Gasteiger partial charge is 0.393 e. The summed E-state index contributed by atoms with van der Waals surface area (Å²) in [4.78, 5) is 13.0. The molecule has 0 aliphatic heterocycles. The second-order valence-electron chi connectivity index (χ2n) is 1.62. The van der Waals surface area contributed by atoms with Crippen LogP contribution in [0.4, 0.5) is 0 Å². The highest BCUT2D eigenvalue weighted by molar-refractivity contribution is 6.22. The topological polar surface area (TPSA) is 113 Å². The van der Waals surface area contributed by atoms with Crippen LogP contribution in [-0.4, -0.2) is 38.4 Å². The molecule has 0 aromatic rings. The summed E-state index contributed by atoms with van der Waals surface area (Å²) in [6.45, 7) is -0.951. The van der Waals surface area contributed by atoms with Gasteiger partial charge in [0.2, 0.25) is 0 Å². The quantitative estimate of drug-likeness (QED) is 0.212. The molecule has 0 aromatic heterocycles. The van der Waals surface area contributed by atoms with Crippen LogP contribution in [0.3, 0.4) is 0 Å². The highest BCUT2D eigenvalue weighted by atomic mass is 35.5. The van der Waals surface area contributed by atoms with Crippen LogP contribution < -0.4 is 0 Å². The van der Waals surface area contributed by atoms with Gasteiger partial charge in [0, 0.05) is 0 Å². The summed E-state index contributed by atoms with van der Waals surface area (Å²) in [7, 11) is 0. The van der Waals surface area contributed by atoms with E-state index in [9.17, 15) is 10.1 Å². The van der Waals surface area contributed by atoms with E-state index in [1.54, 1.807) is 0 Å². The van der Waals surface area contributed by atoms with Crippen molar-refractivity contribution >= 4 is 11.6 Å². The summed E-state index contributed by atoms with van der Waals surface area (Å²) in [5.41, 5.74) is 0. The van der Waals surface area contributed by atoms with Crippen molar-refractivity contribution in [1.82, 2.24) is 0 Å². The average molecular weight is 188 g/mol. The minimum absolute atomic E-state index is 0.951.